The topological polar surface area (TPSA) is 29.5 Å². The molecule has 90 valence electrons. The van der Waals surface area contributed by atoms with Gasteiger partial charge in [-0.25, -0.2) is 0 Å². The Kier molecular flexibility index (Phi) is 3.67. The van der Waals surface area contributed by atoms with Crippen molar-refractivity contribution in [1.82, 2.24) is 0 Å². The van der Waals surface area contributed by atoms with E-state index in [1.807, 2.05) is 17.5 Å². The molecule has 3 heteroatoms. The van der Waals surface area contributed by atoms with E-state index in [0.717, 1.165) is 36.5 Å². The molecule has 16 heavy (non-hydrogen) atoms. The molecule has 0 spiro atoms. The molecule has 1 aromatic heterocycles. The maximum atomic E-state index is 10.5. The zero-order valence-corrected chi connectivity index (χ0v) is 10.8. The average Bonchev–Trinajstić information content (AvgIpc) is 2.83. The van der Waals surface area contributed by atoms with Gasteiger partial charge in [0.1, 0.15) is 6.10 Å². The van der Waals surface area contributed by atoms with E-state index in [4.69, 9.17) is 4.74 Å². The first kappa shape index (κ1) is 12.1. The van der Waals surface area contributed by atoms with Gasteiger partial charge in [0.25, 0.3) is 0 Å². The van der Waals surface area contributed by atoms with Crippen LogP contribution in [-0.4, -0.2) is 17.8 Å². The quantitative estimate of drug-likeness (QED) is 0.877. The highest BCUT2D eigenvalue weighted by Crippen LogP contribution is 2.43. The Morgan fingerprint density at radius 3 is 2.69 bits per heavy atom. The molecule has 1 heterocycles. The molecule has 0 aromatic carbocycles. The zero-order chi connectivity index (χ0) is 11.6. The first-order valence-electron chi connectivity index (χ1n) is 5.94. The molecule has 1 N–H and O–H groups in total. The number of thiophene rings is 1. The molecule has 1 unspecified atom stereocenters. The number of ether oxygens (including phenoxy) is 1. The fourth-order valence-corrected chi connectivity index (χ4v) is 3.36. The van der Waals surface area contributed by atoms with Crippen molar-refractivity contribution in [3.05, 3.63) is 22.4 Å². The molecule has 1 aromatic rings. The lowest BCUT2D eigenvalue weighted by molar-refractivity contribution is -0.129. The number of aliphatic hydroxyl groups excluding tert-OH is 1. The van der Waals surface area contributed by atoms with Crippen LogP contribution in [0.5, 0.6) is 0 Å². The molecule has 1 saturated carbocycles. The minimum Gasteiger partial charge on any atom is -0.385 e. The van der Waals surface area contributed by atoms with Crippen LogP contribution in [0, 0.1) is 5.92 Å². The normalized spacial score (nSPS) is 32.6. The number of rotatable bonds is 3. The third-order valence-corrected chi connectivity index (χ3v) is 4.76. The Balaban J connectivity index is 2.15. The van der Waals surface area contributed by atoms with Crippen LogP contribution in [0.4, 0.5) is 0 Å². The second kappa shape index (κ2) is 4.86. The molecular weight excluding hydrogens is 220 g/mol. The highest BCUT2D eigenvalue weighted by molar-refractivity contribution is 7.10. The molecule has 1 fully saturated rings. The second-order valence-electron chi connectivity index (χ2n) is 4.87. The van der Waals surface area contributed by atoms with E-state index < -0.39 is 6.10 Å². The molecule has 1 atom stereocenters. The van der Waals surface area contributed by atoms with E-state index >= 15 is 0 Å². The highest BCUT2D eigenvalue weighted by atomic mass is 32.1. The summed E-state index contributed by atoms with van der Waals surface area (Å²) in [4.78, 5) is 1.02. The van der Waals surface area contributed by atoms with E-state index in [9.17, 15) is 5.11 Å². The van der Waals surface area contributed by atoms with E-state index in [1.165, 1.54) is 0 Å². The molecule has 2 rings (SSSR count). The largest absolute Gasteiger partial charge is 0.385 e. The fourth-order valence-electron chi connectivity index (χ4n) is 2.55. The molecule has 0 radical (unpaired) electrons. The van der Waals surface area contributed by atoms with Crippen molar-refractivity contribution < 1.29 is 9.84 Å². The Morgan fingerprint density at radius 2 is 2.19 bits per heavy atom. The van der Waals surface area contributed by atoms with Crippen LogP contribution in [0.15, 0.2) is 17.5 Å². The lowest BCUT2D eigenvalue weighted by atomic mass is 9.76. The first-order valence-corrected chi connectivity index (χ1v) is 6.82. The van der Waals surface area contributed by atoms with E-state index in [0.29, 0.717) is 0 Å². The van der Waals surface area contributed by atoms with Gasteiger partial charge in [0.05, 0.1) is 5.60 Å². The monoisotopic (exact) mass is 240 g/mol. The minimum atomic E-state index is -0.468. The molecule has 0 bridgehead atoms. The Labute approximate surface area is 101 Å². The molecule has 0 aliphatic heterocycles. The summed E-state index contributed by atoms with van der Waals surface area (Å²) in [5.74, 6) is 0.763. The number of hydrogen-bond donors (Lipinski definition) is 1. The fraction of sp³-hybridized carbons (Fsp3) is 0.692. The summed E-state index contributed by atoms with van der Waals surface area (Å²) in [5.41, 5.74) is -0.350. The SMILES string of the molecule is COC1(C(O)c2cccs2)CCC(C)CC1. The second-order valence-corrected chi connectivity index (χ2v) is 5.85. The first-order chi connectivity index (χ1) is 7.68. The van der Waals surface area contributed by atoms with Gasteiger partial charge in [0, 0.05) is 12.0 Å². The summed E-state index contributed by atoms with van der Waals surface area (Å²) in [6.45, 7) is 2.27. The molecule has 1 aliphatic carbocycles. The maximum Gasteiger partial charge on any atom is 0.117 e. The van der Waals surface area contributed by atoms with Gasteiger partial charge in [0.15, 0.2) is 0 Å². The van der Waals surface area contributed by atoms with Gasteiger partial charge in [-0.3, -0.25) is 0 Å². The maximum absolute atomic E-state index is 10.5. The summed E-state index contributed by atoms with van der Waals surface area (Å²) in [6, 6.07) is 3.98. The average molecular weight is 240 g/mol. The van der Waals surface area contributed by atoms with Gasteiger partial charge >= 0.3 is 0 Å². The van der Waals surface area contributed by atoms with Crippen LogP contribution in [0.1, 0.15) is 43.6 Å². The molecule has 1 aliphatic rings. The van der Waals surface area contributed by atoms with Crippen LogP contribution in [-0.2, 0) is 4.74 Å². The summed E-state index contributed by atoms with van der Waals surface area (Å²) in [6.07, 6.45) is 3.75. The Bertz CT molecular complexity index is 313. The molecule has 2 nitrogen and oxygen atoms in total. The van der Waals surface area contributed by atoms with Crippen molar-refractivity contribution in [3.63, 3.8) is 0 Å². The van der Waals surface area contributed by atoms with Gasteiger partial charge in [-0.05, 0) is 43.0 Å². The van der Waals surface area contributed by atoms with E-state index in [1.54, 1.807) is 18.4 Å². The predicted octanol–water partition coefficient (Wildman–Crippen LogP) is 3.38. The number of hydrogen-bond acceptors (Lipinski definition) is 3. The highest BCUT2D eigenvalue weighted by Gasteiger charge is 2.41. The third kappa shape index (κ3) is 2.17. The van der Waals surface area contributed by atoms with Gasteiger partial charge in [-0.2, -0.15) is 0 Å². The predicted molar refractivity (Wildman–Crippen MR) is 66.7 cm³/mol. The van der Waals surface area contributed by atoms with E-state index in [-0.39, 0.29) is 5.60 Å². The van der Waals surface area contributed by atoms with Crippen molar-refractivity contribution in [2.75, 3.05) is 7.11 Å². The smallest absolute Gasteiger partial charge is 0.117 e. The summed E-state index contributed by atoms with van der Waals surface area (Å²) >= 11 is 1.61. The summed E-state index contributed by atoms with van der Waals surface area (Å²) in [5, 5.41) is 12.5. The van der Waals surface area contributed by atoms with Crippen molar-refractivity contribution in [2.45, 2.75) is 44.3 Å². The standard InChI is InChI=1S/C13H20O2S/c1-10-5-7-13(15-2,8-6-10)12(14)11-4-3-9-16-11/h3-4,9-10,12,14H,5-8H2,1-2H3. The zero-order valence-electron chi connectivity index (χ0n) is 9.98. The van der Waals surface area contributed by atoms with Crippen LogP contribution >= 0.6 is 11.3 Å². The lowest BCUT2D eigenvalue weighted by Gasteiger charge is -2.41. The van der Waals surface area contributed by atoms with Crippen LogP contribution in [0.25, 0.3) is 0 Å². The van der Waals surface area contributed by atoms with Gasteiger partial charge < -0.3 is 9.84 Å². The summed E-state index contributed by atoms with van der Waals surface area (Å²) in [7, 11) is 1.73. The van der Waals surface area contributed by atoms with Crippen molar-refractivity contribution in [1.29, 1.82) is 0 Å². The lowest BCUT2D eigenvalue weighted by Crippen LogP contribution is -2.41. The van der Waals surface area contributed by atoms with Crippen molar-refractivity contribution in [3.8, 4) is 0 Å². The third-order valence-electron chi connectivity index (χ3n) is 3.84. The van der Waals surface area contributed by atoms with Crippen LogP contribution in [0.3, 0.4) is 0 Å². The van der Waals surface area contributed by atoms with Crippen molar-refractivity contribution in [2.24, 2.45) is 5.92 Å². The number of aliphatic hydroxyl groups is 1. The van der Waals surface area contributed by atoms with Crippen LogP contribution in [0.2, 0.25) is 0 Å². The van der Waals surface area contributed by atoms with Gasteiger partial charge in [-0.15, -0.1) is 11.3 Å². The summed E-state index contributed by atoms with van der Waals surface area (Å²) < 4.78 is 5.67. The number of methoxy groups -OCH3 is 1. The minimum absolute atomic E-state index is 0.350. The Morgan fingerprint density at radius 1 is 1.50 bits per heavy atom. The molecular formula is C13H20O2S. The Hall–Kier alpha value is -0.380. The van der Waals surface area contributed by atoms with Gasteiger partial charge in [-0.1, -0.05) is 13.0 Å². The molecule has 0 amide bonds. The molecule has 0 saturated heterocycles. The van der Waals surface area contributed by atoms with Crippen molar-refractivity contribution >= 4 is 11.3 Å². The van der Waals surface area contributed by atoms with E-state index in [2.05, 4.69) is 6.92 Å². The van der Waals surface area contributed by atoms with Crippen LogP contribution < -0.4 is 0 Å². The van der Waals surface area contributed by atoms with Gasteiger partial charge in [0.2, 0.25) is 0 Å².